The highest BCUT2D eigenvalue weighted by atomic mass is 32.2. The van der Waals surface area contributed by atoms with Crippen LogP contribution in [-0.4, -0.2) is 62.4 Å². The minimum absolute atomic E-state index is 0.0648. The van der Waals surface area contributed by atoms with E-state index in [4.69, 9.17) is 4.74 Å². The Morgan fingerprint density at radius 3 is 2.48 bits per heavy atom. The number of carbonyl (C=O) groups excluding carboxylic acids is 1. The lowest BCUT2D eigenvalue weighted by atomic mass is 10.1. The first-order chi connectivity index (χ1) is 12.8. The summed E-state index contributed by atoms with van der Waals surface area (Å²) in [5.74, 6) is -0.112. The van der Waals surface area contributed by atoms with Crippen molar-refractivity contribution in [2.45, 2.75) is 57.9 Å². The first kappa shape index (κ1) is 21.9. The number of ether oxygens (including phenoxy) is 1. The monoisotopic (exact) mass is 396 g/mol. The van der Waals surface area contributed by atoms with Crippen LogP contribution in [0.25, 0.3) is 0 Å². The van der Waals surface area contributed by atoms with E-state index in [0.717, 1.165) is 19.3 Å². The second kappa shape index (κ2) is 9.66. The highest BCUT2D eigenvalue weighted by molar-refractivity contribution is 7.89. The first-order valence-corrected chi connectivity index (χ1v) is 11.2. The molecule has 1 aromatic carbocycles. The van der Waals surface area contributed by atoms with Gasteiger partial charge in [0, 0.05) is 31.2 Å². The third-order valence-electron chi connectivity index (χ3n) is 4.91. The van der Waals surface area contributed by atoms with E-state index < -0.39 is 10.0 Å². The lowest BCUT2D eigenvalue weighted by Gasteiger charge is -2.28. The highest BCUT2D eigenvalue weighted by Gasteiger charge is 2.29. The number of aryl methyl sites for hydroxylation is 1. The van der Waals surface area contributed by atoms with Crippen LogP contribution in [0.1, 0.15) is 56.0 Å². The quantitative estimate of drug-likeness (QED) is 0.634. The van der Waals surface area contributed by atoms with Gasteiger partial charge in [-0.3, -0.25) is 4.79 Å². The van der Waals surface area contributed by atoms with Gasteiger partial charge in [0.15, 0.2) is 0 Å². The van der Waals surface area contributed by atoms with Gasteiger partial charge in [-0.1, -0.05) is 25.8 Å². The second-order valence-electron chi connectivity index (χ2n) is 7.30. The molecule has 0 unspecified atom stereocenters. The van der Waals surface area contributed by atoms with Gasteiger partial charge in [-0.2, -0.15) is 4.31 Å². The number of hydrogen-bond donors (Lipinski definition) is 0. The Morgan fingerprint density at radius 1 is 1.22 bits per heavy atom. The lowest BCUT2D eigenvalue weighted by molar-refractivity contribution is 0.0701. The van der Waals surface area contributed by atoms with Gasteiger partial charge >= 0.3 is 0 Å². The zero-order valence-corrected chi connectivity index (χ0v) is 17.7. The van der Waals surface area contributed by atoms with E-state index in [2.05, 4.69) is 6.92 Å². The van der Waals surface area contributed by atoms with E-state index in [1.165, 1.54) is 10.4 Å². The van der Waals surface area contributed by atoms with Gasteiger partial charge in [0.05, 0.1) is 18.1 Å². The maximum atomic E-state index is 13.0. The molecule has 0 aliphatic carbocycles. The molecule has 1 aromatic rings. The number of hydrogen-bond acceptors (Lipinski definition) is 4. The van der Waals surface area contributed by atoms with Crippen LogP contribution < -0.4 is 0 Å². The van der Waals surface area contributed by atoms with Crippen molar-refractivity contribution in [2.75, 3.05) is 32.8 Å². The number of benzene rings is 1. The molecule has 1 aliphatic heterocycles. The van der Waals surface area contributed by atoms with E-state index in [9.17, 15) is 13.2 Å². The van der Waals surface area contributed by atoms with E-state index in [0.29, 0.717) is 44.0 Å². The van der Waals surface area contributed by atoms with Crippen LogP contribution in [0.15, 0.2) is 23.1 Å². The fourth-order valence-electron chi connectivity index (χ4n) is 3.23. The van der Waals surface area contributed by atoms with Gasteiger partial charge in [0.1, 0.15) is 0 Å². The minimum Gasteiger partial charge on any atom is -0.379 e. The molecule has 1 saturated heterocycles. The van der Waals surface area contributed by atoms with Crippen LogP contribution in [0, 0.1) is 6.92 Å². The number of rotatable bonds is 8. The molecule has 0 saturated carbocycles. The number of sulfonamides is 1. The molecule has 1 heterocycles. The number of unbranched alkanes of at least 4 members (excludes halogenated alkanes) is 2. The van der Waals surface area contributed by atoms with Crippen LogP contribution >= 0.6 is 0 Å². The summed E-state index contributed by atoms with van der Waals surface area (Å²) < 4.78 is 32.8. The molecule has 0 spiro atoms. The van der Waals surface area contributed by atoms with Gasteiger partial charge in [-0.25, -0.2) is 8.42 Å². The molecule has 7 heteroatoms. The van der Waals surface area contributed by atoms with Gasteiger partial charge in [-0.05, 0) is 44.9 Å². The van der Waals surface area contributed by atoms with Crippen LogP contribution in [-0.2, 0) is 14.8 Å². The normalized spacial score (nSPS) is 15.9. The number of amides is 1. The molecule has 6 nitrogen and oxygen atoms in total. The van der Waals surface area contributed by atoms with E-state index in [1.54, 1.807) is 19.1 Å². The smallest absolute Gasteiger partial charge is 0.254 e. The SMILES string of the molecule is CCCCCN(C(=O)c1ccc(C)c(S(=O)(=O)N2CCOCC2)c1)C(C)C. The highest BCUT2D eigenvalue weighted by Crippen LogP contribution is 2.23. The molecule has 1 amide bonds. The largest absolute Gasteiger partial charge is 0.379 e. The number of nitrogens with zero attached hydrogens (tertiary/aromatic N) is 2. The standard InChI is InChI=1S/C20H32N2O4S/c1-5-6-7-10-22(16(2)3)20(23)18-9-8-17(4)19(15-18)27(24,25)21-11-13-26-14-12-21/h8-9,15-16H,5-7,10-14H2,1-4H3. The Labute approximate surface area is 163 Å². The van der Waals surface area contributed by atoms with Crippen molar-refractivity contribution < 1.29 is 17.9 Å². The van der Waals surface area contributed by atoms with Crippen molar-refractivity contribution in [3.05, 3.63) is 29.3 Å². The van der Waals surface area contributed by atoms with Crippen molar-refractivity contribution >= 4 is 15.9 Å². The van der Waals surface area contributed by atoms with E-state index in [-0.39, 0.29) is 16.8 Å². The summed E-state index contributed by atoms with van der Waals surface area (Å²) in [7, 11) is -3.63. The summed E-state index contributed by atoms with van der Waals surface area (Å²) in [5.41, 5.74) is 1.08. The molecular weight excluding hydrogens is 364 g/mol. The van der Waals surface area contributed by atoms with E-state index in [1.807, 2.05) is 18.7 Å². The molecule has 0 aromatic heterocycles. The molecule has 1 fully saturated rings. The van der Waals surface area contributed by atoms with Crippen LogP contribution in [0.3, 0.4) is 0 Å². The molecular formula is C20H32N2O4S. The predicted octanol–water partition coefficient (Wildman–Crippen LogP) is 3.06. The van der Waals surface area contributed by atoms with Crippen molar-refractivity contribution in [2.24, 2.45) is 0 Å². The average Bonchev–Trinajstić information content (AvgIpc) is 2.65. The van der Waals surface area contributed by atoms with Crippen LogP contribution in [0.4, 0.5) is 0 Å². The molecule has 1 aliphatic rings. The molecule has 0 radical (unpaired) electrons. The predicted molar refractivity (Wildman–Crippen MR) is 106 cm³/mol. The maximum absolute atomic E-state index is 13.0. The van der Waals surface area contributed by atoms with Crippen LogP contribution in [0.5, 0.6) is 0 Å². The summed E-state index contributed by atoms with van der Waals surface area (Å²) in [4.78, 5) is 15.1. The van der Waals surface area contributed by atoms with Crippen molar-refractivity contribution in [1.82, 2.24) is 9.21 Å². The molecule has 27 heavy (non-hydrogen) atoms. The fraction of sp³-hybridized carbons (Fsp3) is 0.650. The molecule has 2 rings (SSSR count). The van der Waals surface area contributed by atoms with Gasteiger partial charge in [-0.15, -0.1) is 0 Å². The molecule has 152 valence electrons. The first-order valence-electron chi connectivity index (χ1n) is 9.78. The summed E-state index contributed by atoms with van der Waals surface area (Å²) in [6, 6.07) is 5.06. The van der Waals surface area contributed by atoms with Gasteiger partial charge in [0.2, 0.25) is 10.0 Å². The summed E-state index contributed by atoms with van der Waals surface area (Å²) in [6.07, 6.45) is 3.11. The van der Waals surface area contributed by atoms with Crippen molar-refractivity contribution in [3.63, 3.8) is 0 Å². The van der Waals surface area contributed by atoms with Gasteiger partial charge < -0.3 is 9.64 Å². The Morgan fingerprint density at radius 2 is 1.89 bits per heavy atom. The summed E-state index contributed by atoms with van der Waals surface area (Å²) >= 11 is 0. The average molecular weight is 397 g/mol. The van der Waals surface area contributed by atoms with Crippen molar-refractivity contribution in [3.8, 4) is 0 Å². The Balaban J connectivity index is 2.30. The summed E-state index contributed by atoms with van der Waals surface area (Å²) in [5, 5.41) is 0. The van der Waals surface area contributed by atoms with Crippen molar-refractivity contribution in [1.29, 1.82) is 0 Å². The van der Waals surface area contributed by atoms with Gasteiger partial charge in [0.25, 0.3) is 5.91 Å². The second-order valence-corrected chi connectivity index (χ2v) is 9.20. The lowest BCUT2D eigenvalue weighted by Crippen LogP contribution is -2.41. The number of carbonyl (C=O) groups is 1. The topological polar surface area (TPSA) is 66.9 Å². The zero-order chi connectivity index (χ0) is 20.0. The zero-order valence-electron chi connectivity index (χ0n) is 16.9. The maximum Gasteiger partial charge on any atom is 0.254 e. The van der Waals surface area contributed by atoms with Crippen LogP contribution in [0.2, 0.25) is 0 Å². The number of morpholine rings is 1. The Kier molecular flexibility index (Phi) is 7.82. The summed E-state index contributed by atoms with van der Waals surface area (Å²) in [6.45, 7) is 10.0. The Bertz CT molecular complexity index is 740. The molecule has 0 bridgehead atoms. The third-order valence-corrected chi connectivity index (χ3v) is 6.95. The molecule has 0 N–H and O–H groups in total. The minimum atomic E-state index is -3.63. The Hall–Kier alpha value is -1.44. The van der Waals surface area contributed by atoms with E-state index >= 15 is 0 Å². The third kappa shape index (κ3) is 5.30. The fourth-order valence-corrected chi connectivity index (χ4v) is 4.89. The molecule has 0 atom stereocenters.